The second kappa shape index (κ2) is 4.70. The maximum absolute atomic E-state index is 11.1. The van der Waals surface area contributed by atoms with Gasteiger partial charge in [0, 0.05) is 12.0 Å². The number of hydrogen-bond donors (Lipinski definition) is 3. The Morgan fingerprint density at radius 3 is 2.53 bits per heavy atom. The van der Waals surface area contributed by atoms with Crippen LogP contribution in [0.4, 0.5) is 0 Å². The fraction of sp³-hybridized carbons (Fsp3) is 0.143. The van der Waals surface area contributed by atoms with Gasteiger partial charge in [-0.3, -0.25) is 9.59 Å². The first-order valence-corrected chi connectivity index (χ1v) is 5.74. The Labute approximate surface area is 110 Å². The van der Waals surface area contributed by atoms with Gasteiger partial charge in [-0.2, -0.15) is 0 Å². The van der Waals surface area contributed by atoms with Crippen molar-refractivity contribution in [2.24, 2.45) is 11.5 Å². The zero-order valence-electron chi connectivity index (χ0n) is 10.2. The lowest BCUT2D eigenvalue weighted by atomic mass is 9.89. The number of rotatable bonds is 3. The molecular formula is C14H14N2O3. The summed E-state index contributed by atoms with van der Waals surface area (Å²) >= 11 is 0. The standard InChI is InChI=1S/C14H14N2O3/c15-12(17)11-3-1-2-10(8-11)9-4-6-14(19,7-5-9)13(16)18/h1-6,8,19H,7H2,(H2,15,17)(H2,16,18). The molecule has 2 rings (SSSR count). The van der Waals surface area contributed by atoms with Gasteiger partial charge in [-0.15, -0.1) is 0 Å². The quantitative estimate of drug-likeness (QED) is 0.728. The largest absolute Gasteiger partial charge is 0.376 e. The van der Waals surface area contributed by atoms with Crippen LogP contribution in [-0.4, -0.2) is 22.5 Å². The Hall–Kier alpha value is -2.40. The number of benzene rings is 1. The number of nitrogens with two attached hydrogens (primary N) is 2. The number of allylic oxidation sites excluding steroid dienone is 2. The third-order valence-corrected chi connectivity index (χ3v) is 3.08. The molecule has 1 aliphatic carbocycles. The van der Waals surface area contributed by atoms with Crippen molar-refractivity contribution in [2.75, 3.05) is 0 Å². The molecule has 0 aromatic heterocycles. The fourth-order valence-electron chi connectivity index (χ4n) is 1.88. The fourth-order valence-corrected chi connectivity index (χ4v) is 1.88. The average Bonchev–Trinajstić information content (AvgIpc) is 2.39. The summed E-state index contributed by atoms with van der Waals surface area (Å²) < 4.78 is 0. The first-order chi connectivity index (χ1) is 8.92. The first kappa shape index (κ1) is 13.0. The van der Waals surface area contributed by atoms with Gasteiger partial charge in [-0.25, -0.2) is 0 Å². The molecule has 1 aromatic rings. The minimum absolute atomic E-state index is 0.106. The highest BCUT2D eigenvalue weighted by Gasteiger charge is 2.31. The lowest BCUT2D eigenvalue weighted by Gasteiger charge is -2.23. The third kappa shape index (κ3) is 2.56. The topological polar surface area (TPSA) is 106 Å². The SMILES string of the molecule is NC(=O)c1cccc(C2=CCC(O)(C(N)=O)C=C2)c1. The summed E-state index contributed by atoms with van der Waals surface area (Å²) in [6.45, 7) is 0. The molecule has 0 heterocycles. The number of amides is 2. The third-order valence-electron chi connectivity index (χ3n) is 3.08. The molecule has 5 N–H and O–H groups in total. The Kier molecular flexibility index (Phi) is 3.23. The van der Waals surface area contributed by atoms with E-state index >= 15 is 0 Å². The van der Waals surface area contributed by atoms with Crippen LogP contribution in [0.2, 0.25) is 0 Å². The van der Waals surface area contributed by atoms with Crippen molar-refractivity contribution in [3.8, 4) is 0 Å². The molecule has 0 spiro atoms. The minimum Gasteiger partial charge on any atom is -0.376 e. The van der Waals surface area contributed by atoms with Crippen LogP contribution in [0.15, 0.2) is 42.5 Å². The van der Waals surface area contributed by atoms with Crippen molar-refractivity contribution in [3.05, 3.63) is 53.6 Å². The number of carbonyl (C=O) groups excluding carboxylic acids is 2. The molecule has 0 aliphatic heterocycles. The highest BCUT2D eigenvalue weighted by atomic mass is 16.3. The Bertz CT molecular complexity index is 604. The van der Waals surface area contributed by atoms with Crippen LogP contribution in [0.1, 0.15) is 22.3 Å². The van der Waals surface area contributed by atoms with E-state index in [9.17, 15) is 14.7 Å². The minimum atomic E-state index is -1.63. The van der Waals surface area contributed by atoms with Gasteiger partial charge in [0.2, 0.25) is 5.91 Å². The lowest BCUT2D eigenvalue weighted by Crippen LogP contribution is -2.42. The first-order valence-electron chi connectivity index (χ1n) is 5.74. The van der Waals surface area contributed by atoms with Gasteiger partial charge in [0.1, 0.15) is 0 Å². The number of primary amides is 2. The normalized spacial score (nSPS) is 21.8. The lowest BCUT2D eigenvalue weighted by molar-refractivity contribution is -0.131. The summed E-state index contributed by atoms with van der Waals surface area (Å²) in [5, 5.41) is 9.88. The molecule has 0 bridgehead atoms. The number of hydrogen-bond acceptors (Lipinski definition) is 3. The molecule has 98 valence electrons. The maximum Gasteiger partial charge on any atom is 0.253 e. The van der Waals surface area contributed by atoms with E-state index in [0.717, 1.165) is 11.1 Å². The van der Waals surface area contributed by atoms with E-state index in [-0.39, 0.29) is 6.42 Å². The zero-order chi connectivity index (χ0) is 14.0. The molecule has 0 fully saturated rings. The molecule has 1 atom stereocenters. The molecule has 2 amide bonds. The van der Waals surface area contributed by atoms with Gasteiger partial charge >= 0.3 is 0 Å². The van der Waals surface area contributed by atoms with E-state index in [1.165, 1.54) is 6.08 Å². The van der Waals surface area contributed by atoms with Crippen molar-refractivity contribution in [1.82, 2.24) is 0 Å². The molecule has 1 aromatic carbocycles. The second-order valence-electron chi connectivity index (χ2n) is 4.43. The van der Waals surface area contributed by atoms with E-state index in [2.05, 4.69) is 0 Å². The Morgan fingerprint density at radius 1 is 1.26 bits per heavy atom. The van der Waals surface area contributed by atoms with Crippen LogP contribution < -0.4 is 11.5 Å². The van der Waals surface area contributed by atoms with Crippen LogP contribution in [0.25, 0.3) is 5.57 Å². The zero-order valence-corrected chi connectivity index (χ0v) is 10.2. The molecule has 1 aliphatic rings. The second-order valence-corrected chi connectivity index (χ2v) is 4.43. The van der Waals surface area contributed by atoms with Gasteiger partial charge in [0.05, 0.1) is 0 Å². The van der Waals surface area contributed by atoms with Gasteiger partial charge in [-0.1, -0.05) is 24.3 Å². The van der Waals surface area contributed by atoms with E-state index in [0.29, 0.717) is 5.56 Å². The van der Waals surface area contributed by atoms with Gasteiger partial charge in [0.25, 0.3) is 5.91 Å². The number of aliphatic hydroxyl groups is 1. The Balaban J connectivity index is 2.29. The summed E-state index contributed by atoms with van der Waals surface area (Å²) in [6, 6.07) is 6.82. The summed E-state index contributed by atoms with van der Waals surface area (Å²) in [7, 11) is 0. The predicted octanol–water partition coefficient (Wildman–Crippen LogP) is 0.345. The average molecular weight is 258 g/mol. The van der Waals surface area contributed by atoms with Gasteiger partial charge in [-0.05, 0) is 29.3 Å². The highest BCUT2D eigenvalue weighted by molar-refractivity contribution is 5.94. The number of carbonyl (C=O) groups is 2. The molecule has 0 radical (unpaired) electrons. The van der Waals surface area contributed by atoms with E-state index in [1.54, 1.807) is 30.4 Å². The van der Waals surface area contributed by atoms with E-state index < -0.39 is 17.4 Å². The molecule has 1 unspecified atom stereocenters. The van der Waals surface area contributed by atoms with Gasteiger partial charge < -0.3 is 16.6 Å². The summed E-state index contributed by atoms with van der Waals surface area (Å²) in [5.41, 5.74) is 10.7. The van der Waals surface area contributed by atoms with Crippen LogP contribution in [0.3, 0.4) is 0 Å². The monoisotopic (exact) mass is 258 g/mol. The molecule has 5 heteroatoms. The van der Waals surface area contributed by atoms with Crippen LogP contribution >= 0.6 is 0 Å². The summed E-state index contributed by atoms with van der Waals surface area (Å²) in [5.74, 6) is -1.29. The maximum atomic E-state index is 11.1. The molecule has 0 saturated heterocycles. The highest BCUT2D eigenvalue weighted by Crippen LogP contribution is 2.27. The van der Waals surface area contributed by atoms with Crippen LogP contribution in [0, 0.1) is 0 Å². The molecule has 19 heavy (non-hydrogen) atoms. The van der Waals surface area contributed by atoms with Crippen molar-refractivity contribution in [3.63, 3.8) is 0 Å². The molecule has 0 saturated carbocycles. The Morgan fingerprint density at radius 2 is 2.00 bits per heavy atom. The van der Waals surface area contributed by atoms with Crippen molar-refractivity contribution >= 4 is 17.4 Å². The van der Waals surface area contributed by atoms with Crippen LogP contribution in [0.5, 0.6) is 0 Å². The van der Waals surface area contributed by atoms with E-state index in [4.69, 9.17) is 11.5 Å². The van der Waals surface area contributed by atoms with Crippen molar-refractivity contribution in [1.29, 1.82) is 0 Å². The smallest absolute Gasteiger partial charge is 0.253 e. The molecular weight excluding hydrogens is 244 g/mol. The van der Waals surface area contributed by atoms with Crippen molar-refractivity contribution in [2.45, 2.75) is 12.0 Å². The van der Waals surface area contributed by atoms with Crippen molar-refractivity contribution < 1.29 is 14.7 Å². The summed E-state index contributed by atoms with van der Waals surface area (Å²) in [6.07, 6.45) is 4.77. The van der Waals surface area contributed by atoms with Gasteiger partial charge in [0.15, 0.2) is 5.60 Å². The molecule has 5 nitrogen and oxygen atoms in total. The summed E-state index contributed by atoms with van der Waals surface area (Å²) in [4.78, 5) is 22.2. The van der Waals surface area contributed by atoms with E-state index in [1.807, 2.05) is 6.07 Å². The predicted molar refractivity (Wildman–Crippen MR) is 70.8 cm³/mol. The van der Waals surface area contributed by atoms with Crippen LogP contribution in [-0.2, 0) is 4.79 Å².